The number of aromatic amines is 1. The molecule has 0 spiro atoms. The van der Waals surface area contributed by atoms with Crippen molar-refractivity contribution in [3.05, 3.63) is 88.5 Å². The van der Waals surface area contributed by atoms with E-state index in [4.69, 9.17) is 0 Å². The summed E-state index contributed by atoms with van der Waals surface area (Å²) in [7, 11) is 0. The second-order valence-electron chi connectivity index (χ2n) is 6.00. The molecule has 3 rings (SSSR count). The SMILES string of the molecule is CC(=Cc1ccc(F)cc1)C(O)(Cc1c[nH]nn1)c1ccc(F)cc1F. The largest absolute Gasteiger partial charge is 0.380 e. The van der Waals surface area contributed by atoms with E-state index in [9.17, 15) is 18.3 Å². The van der Waals surface area contributed by atoms with Gasteiger partial charge in [0.05, 0.1) is 5.69 Å². The molecule has 1 aromatic heterocycles. The van der Waals surface area contributed by atoms with Gasteiger partial charge in [0.2, 0.25) is 0 Å². The van der Waals surface area contributed by atoms with Crippen molar-refractivity contribution in [3.63, 3.8) is 0 Å². The van der Waals surface area contributed by atoms with Gasteiger partial charge in [0.25, 0.3) is 0 Å². The van der Waals surface area contributed by atoms with Crippen LogP contribution in [0.3, 0.4) is 0 Å². The Balaban J connectivity index is 2.08. The maximum atomic E-state index is 14.4. The fourth-order valence-corrected chi connectivity index (χ4v) is 2.77. The number of benzene rings is 2. The standard InChI is InChI=1S/C19H16F3N3O/c1-12(8-13-2-4-14(20)5-3-13)19(26,10-16-11-23-25-24-16)17-7-6-15(21)9-18(17)22/h2-9,11,26H,10H2,1H3,(H,23,24,25). The molecular weight excluding hydrogens is 343 g/mol. The lowest BCUT2D eigenvalue weighted by Gasteiger charge is -2.30. The van der Waals surface area contributed by atoms with Gasteiger partial charge in [-0.1, -0.05) is 23.4 Å². The number of aliphatic hydroxyl groups is 1. The number of rotatable bonds is 5. The zero-order valence-electron chi connectivity index (χ0n) is 13.9. The first-order valence-corrected chi connectivity index (χ1v) is 7.86. The number of aromatic nitrogens is 3. The summed E-state index contributed by atoms with van der Waals surface area (Å²) in [6.07, 6.45) is 3.02. The second-order valence-corrected chi connectivity index (χ2v) is 6.00. The molecule has 0 radical (unpaired) electrons. The quantitative estimate of drug-likeness (QED) is 0.729. The molecule has 26 heavy (non-hydrogen) atoms. The molecule has 0 aliphatic rings. The number of halogens is 3. The van der Waals surface area contributed by atoms with Gasteiger partial charge in [0.1, 0.15) is 23.1 Å². The van der Waals surface area contributed by atoms with Crippen LogP contribution in [-0.2, 0) is 12.0 Å². The van der Waals surface area contributed by atoms with Crippen molar-refractivity contribution in [1.29, 1.82) is 0 Å². The van der Waals surface area contributed by atoms with Crippen molar-refractivity contribution in [1.82, 2.24) is 15.4 Å². The van der Waals surface area contributed by atoms with Crippen molar-refractivity contribution in [2.24, 2.45) is 0 Å². The normalized spacial score (nSPS) is 14.3. The molecule has 7 heteroatoms. The van der Waals surface area contributed by atoms with E-state index >= 15 is 0 Å². The molecule has 0 amide bonds. The Morgan fingerprint density at radius 2 is 1.81 bits per heavy atom. The summed E-state index contributed by atoms with van der Waals surface area (Å²) < 4.78 is 40.8. The van der Waals surface area contributed by atoms with E-state index in [1.165, 1.54) is 36.5 Å². The Morgan fingerprint density at radius 3 is 2.42 bits per heavy atom. The first kappa shape index (κ1) is 17.9. The molecule has 134 valence electrons. The van der Waals surface area contributed by atoms with Crippen LogP contribution in [0.15, 0.2) is 54.2 Å². The highest BCUT2D eigenvalue weighted by molar-refractivity contribution is 5.56. The highest BCUT2D eigenvalue weighted by Gasteiger charge is 2.35. The molecule has 0 saturated heterocycles. The fourth-order valence-electron chi connectivity index (χ4n) is 2.77. The van der Waals surface area contributed by atoms with Gasteiger partial charge in [-0.25, -0.2) is 13.2 Å². The number of nitrogens with zero attached hydrogens (tertiary/aromatic N) is 2. The second kappa shape index (κ2) is 7.13. The first-order valence-electron chi connectivity index (χ1n) is 7.86. The van der Waals surface area contributed by atoms with Crippen molar-refractivity contribution in [2.75, 3.05) is 0 Å². The van der Waals surface area contributed by atoms with E-state index in [1.807, 2.05) is 0 Å². The van der Waals surface area contributed by atoms with E-state index in [0.717, 1.165) is 6.07 Å². The third-order valence-corrected chi connectivity index (χ3v) is 4.19. The van der Waals surface area contributed by atoms with Crippen molar-refractivity contribution < 1.29 is 18.3 Å². The van der Waals surface area contributed by atoms with Gasteiger partial charge in [0.15, 0.2) is 0 Å². The van der Waals surface area contributed by atoms with Gasteiger partial charge < -0.3 is 5.11 Å². The molecule has 1 unspecified atom stereocenters. The van der Waals surface area contributed by atoms with Crippen LogP contribution in [0.4, 0.5) is 13.2 Å². The summed E-state index contributed by atoms with van der Waals surface area (Å²) in [5, 5.41) is 21.3. The monoisotopic (exact) mass is 359 g/mol. The summed E-state index contributed by atoms with van der Waals surface area (Å²) in [5.41, 5.74) is -0.452. The summed E-state index contributed by atoms with van der Waals surface area (Å²) in [4.78, 5) is 0. The smallest absolute Gasteiger partial charge is 0.132 e. The Kier molecular flexibility index (Phi) is 4.90. The molecule has 3 aromatic rings. The summed E-state index contributed by atoms with van der Waals surface area (Å²) in [5.74, 6) is -2.00. The molecule has 0 aliphatic heterocycles. The molecular formula is C19H16F3N3O. The molecule has 2 N–H and O–H groups in total. The van der Waals surface area contributed by atoms with Crippen LogP contribution in [0.25, 0.3) is 6.08 Å². The Morgan fingerprint density at radius 1 is 1.12 bits per heavy atom. The first-order chi connectivity index (χ1) is 12.4. The van der Waals surface area contributed by atoms with E-state index in [-0.39, 0.29) is 17.8 Å². The third-order valence-electron chi connectivity index (χ3n) is 4.19. The summed E-state index contributed by atoms with van der Waals surface area (Å²) >= 11 is 0. The molecule has 2 aromatic carbocycles. The maximum absolute atomic E-state index is 14.4. The van der Waals surface area contributed by atoms with Crippen LogP contribution < -0.4 is 0 Å². The Labute approximate surface area is 148 Å². The minimum atomic E-state index is -1.79. The van der Waals surface area contributed by atoms with E-state index in [0.29, 0.717) is 22.9 Å². The number of hydrogen-bond donors (Lipinski definition) is 2. The summed E-state index contributed by atoms with van der Waals surface area (Å²) in [6.45, 7) is 1.62. The summed E-state index contributed by atoms with van der Waals surface area (Å²) in [6, 6.07) is 8.65. The van der Waals surface area contributed by atoms with Crippen LogP contribution in [0.5, 0.6) is 0 Å². The molecule has 4 nitrogen and oxygen atoms in total. The maximum Gasteiger partial charge on any atom is 0.132 e. The molecule has 0 fully saturated rings. The lowest BCUT2D eigenvalue weighted by atomic mass is 9.82. The Bertz CT molecular complexity index is 924. The Hall–Kier alpha value is -2.93. The van der Waals surface area contributed by atoms with E-state index < -0.39 is 17.2 Å². The molecule has 1 heterocycles. The van der Waals surface area contributed by atoms with Gasteiger partial charge >= 0.3 is 0 Å². The predicted molar refractivity (Wildman–Crippen MR) is 90.4 cm³/mol. The minimum absolute atomic E-state index is 0.0738. The van der Waals surface area contributed by atoms with E-state index in [2.05, 4.69) is 15.4 Å². The number of hydrogen-bond acceptors (Lipinski definition) is 3. The van der Waals surface area contributed by atoms with Gasteiger partial charge in [-0.3, -0.25) is 5.10 Å². The minimum Gasteiger partial charge on any atom is -0.380 e. The zero-order valence-corrected chi connectivity index (χ0v) is 13.9. The van der Waals surface area contributed by atoms with Crippen LogP contribution in [0, 0.1) is 17.5 Å². The van der Waals surface area contributed by atoms with Gasteiger partial charge in [0, 0.05) is 24.2 Å². The van der Waals surface area contributed by atoms with Gasteiger partial charge in [-0.05, 0) is 42.3 Å². The zero-order chi connectivity index (χ0) is 18.7. The molecule has 0 aliphatic carbocycles. The van der Waals surface area contributed by atoms with Crippen LogP contribution >= 0.6 is 0 Å². The van der Waals surface area contributed by atoms with Crippen LogP contribution in [-0.4, -0.2) is 20.5 Å². The van der Waals surface area contributed by atoms with Gasteiger partial charge in [-0.15, -0.1) is 5.10 Å². The van der Waals surface area contributed by atoms with Gasteiger partial charge in [-0.2, -0.15) is 0 Å². The molecule has 0 saturated carbocycles. The number of H-pyrrole nitrogens is 1. The average molecular weight is 359 g/mol. The predicted octanol–water partition coefficient (Wildman–Crippen LogP) is 3.76. The van der Waals surface area contributed by atoms with Crippen LogP contribution in [0.2, 0.25) is 0 Å². The fraction of sp³-hybridized carbons (Fsp3) is 0.158. The average Bonchev–Trinajstić information content (AvgIpc) is 3.09. The lowest BCUT2D eigenvalue weighted by molar-refractivity contribution is 0.0725. The molecule has 0 bridgehead atoms. The van der Waals surface area contributed by atoms with Crippen molar-refractivity contribution in [2.45, 2.75) is 18.9 Å². The van der Waals surface area contributed by atoms with E-state index in [1.54, 1.807) is 13.0 Å². The van der Waals surface area contributed by atoms with Crippen molar-refractivity contribution >= 4 is 6.08 Å². The number of nitrogens with one attached hydrogen (secondary N) is 1. The topological polar surface area (TPSA) is 61.8 Å². The molecule has 1 atom stereocenters. The lowest BCUT2D eigenvalue weighted by Crippen LogP contribution is -2.31. The highest BCUT2D eigenvalue weighted by atomic mass is 19.1. The third kappa shape index (κ3) is 3.67. The van der Waals surface area contributed by atoms with Crippen molar-refractivity contribution in [3.8, 4) is 0 Å². The van der Waals surface area contributed by atoms with Crippen LogP contribution in [0.1, 0.15) is 23.7 Å². The highest BCUT2D eigenvalue weighted by Crippen LogP contribution is 2.35.